The zero-order chi connectivity index (χ0) is 18.8. The summed E-state index contributed by atoms with van der Waals surface area (Å²) in [7, 11) is 0. The summed E-state index contributed by atoms with van der Waals surface area (Å²) in [6.07, 6.45) is 10.5. The second-order valence-electron chi connectivity index (χ2n) is 6.93. The fourth-order valence-corrected chi connectivity index (χ4v) is 3.26. The summed E-state index contributed by atoms with van der Waals surface area (Å²) in [5.74, 6) is 0.00583. The van der Waals surface area contributed by atoms with Crippen molar-refractivity contribution in [2.45, 2.75) is 71.3 Å². The normalized spacial score (nSPS) is 20.1. The highest BCUT2D eigenvalue weighted by molar-refractivity contribution is 5.82. The number of hydrogen-bond acceptors (Lipinski definition) is 4. The first-order valence-electron chi connectivity index (χ1n) is 9.76. The Balaban J connectivity index is 1.75. The minimum absolute atomic E-state index is 0.0924. The molecule has 0 radical (unpaired) electrons. The van der Waals surface area contributed by atoms with Crippen molar-refractivity contribution >= 4 is 11.9 Å². The van der Waals surface area contributed by atoms with E-state index in [1.165, 1.54) is 30.9 Å². The monoisotopic (exact) mass is 358 g/mol. The zero-order valence-corrected chi connectivity index (χ0v) is 15.9. The number of aryl methyl sites for hydroxylation is 1. The summed E-state index contributed by atoms with van der Waals surface area (Å²) in [5.41, 5.74) is 1.28. The van der Waals surface area contributed by atoms with Gasteiger partial charge in [-0.3, -0.25) is 4.79 Å². The molecule has 0 aromatic heterocycles. The van der Waals surface area contributed by atoms with Gasteiger partial charge in [-0.15, -0.1) is 0 Å². The molecule has 0 heterocycles. The van der Waals surface area contributed by atoms with Crippen LogP contribution in [-0.2, 0) is 20.7 Å². The number of rotatable bonds is 8. The SMILES string of the molecule is C/C=C/C(=O)OC1CCC(C(=O)Oc2ccc(CCCCC)cc2)CC1. The smallest absolute Gasteiger partial charge is 0.330 e. The topological polar surface area (TPSA) is 52.6 Å². The number of esters is 2. The second-order valence-corrected chi connectivity index (χ2v) is 6.93. The molecule has 1 aromatic carbocycles. The first-order valence-corrected chi connectivity index (χ1v) is 9.76. The Hall–Kier alpha value is -2.10. The third-order valence-corrected chi connectivity index (χ3v) is 4.80. The van der Waals surface area contributed by atoms with Crippen LogP contribution in [0.5, 0.6) is 5.75 Å². The molecule has 0 aliphatic heterocycles. The molecular formula is C22H30O4. The Morgan fingerprint density at radius 2 is 1.77 bits per heavy atom. The number of ether oxygens (including phenoxy) is 2. The van der Waals surface area contributed by atoms with E-state index in [2.05, 4.69) is 6.92 Å². The van der Waals surface area contributed by atoms with Gasteiger partial charge in [-0.05, 0) is 63.1 Å². The molecule has 0 N–H and O–H groups in total. The van der Waals surface area contributed by atoms with E-state index in [4.69, 9.17) is 9.47 Å². The van der Waals surface area contributed by atoms with E-state index < -0.39 is 0 Å². The lowest BCUT2D eigenvalue weighted by atomic mass is 9.87. The Morgan fingerprint density at radius 3 is 2.38 bits per heavy atom. The van der Waals surface area contributed by atoms with E-state index in [1.807, 2.05) is 24.3 Å². The number of allylic oxidation sites excluding steroid dienone is 1. The molecule has 0 atom stereocenters. The van der Waals surface area contributed by atoms with Crippen LogP contribution in [0.4, 0.5) is 0 Å². The van der Waals surface area contributed by atoms with Crippen molar-refractivity contribution in [3.05, 3.63) is 42.0 Å². The average molecular weight is 358 g/mol. The lowest BCUT2D eigenvalue weighted by Gasteiger charge is -2.26. The van der Waals surface area contributed by atoms with Crippen LogP contribution in [0.2, 0.25) is 0 Å². The summed E-state index contributed by atoms with van der Waals surface area (Å²) in [6, 6.07) is 7.83. The molecule has 1 aliphatic rings. The lowest BCUT2D eigenvalue weighted by Crippen LogP contribution is -2.29. The molecule has 142 valence electrons. The molecule has 2 rings (SSSR count). The molecule has 4 nitrogen and oxygen atoms in total. The van der Waals surface area contributed by atoms with Gasteiger partial charge in [0.05, 0.1) is 5.92 Å². The van der Waals surface area contributed by atoms with Crippen molar-refractivity contribution < 1.29 is 19.1 Å². The van der Waals surface area contributed by atoms with E-state index in [0.717, 1.165) is 6.42 Å². The van der Waals surface area contributed by atoms with Crippen molar-refractivity contribution in [3.8, 4) is 5.75 Å². The fourth-order valence-electron chi connectivity index (χ4n) is 3.26. The number of carbonyl (C=O) groups is 2. The van der Waals surface area contributed by atoms with Crippen LogP contribution in [0.1, 0.15) is 64.4 Å². The maximum atomic E-state index is 12.4. The summed E-state index contributed by atoms with van der Waals surface area (Å²) < 4.78 is 10.9. The molecule has 1 fully saturated rings. The highest BCUT2D eigenvalue weighted by Crippen LogP contribution is 2.28. The molecule has 0 amide bonds. The predicted molar refractivity (Wildman–Crippen MR) is 102 cm³/mol. The third-order valence-electron chi connectivity index (χ3n) is 4.80. The van der Waals surface area contributed by atoms with Crippen molar-refractivity contribution in [1.29, 1.82) is 0 Å². The first kappa shape index (κ1) is 20.2. The highest BCUT2D eigenvalue weighted by atomic mass is 16.5. The Morgan fingerprint density at radius 1 is 1.08 bits per heavy atom. The Bertz CT molecular complexity index is 595. The van der Waals surface area contributed by atoms with Gasteiger partial charge in [0, 0.05) is 6.08 Å². The van der Waals surface area contributed by atoms with Gasteiger partial charge in [0.2, 0.25) is 0 Å². The van der Waals surface area contributed by atoms with Gasteiger partial charge >= 0.3 is 11.9 Å². The van der Waals surface area contributed by atoms with Gasteiger partial charge in [-0.2, -0.15) is 0 Å². The predicted octanol–water partition coefficient (Wildman–Crippen LogP) is 5.00. The Kier molecular flexibility index (Phi) is 8.39. The summed E-state index contributed by atoms with van der Waals surface area (Å²) in [4.78, 5) is 23.8. The quantitative estimate of drug-likeness (QED) is 0.284. The van der Waals surface area contributed by atoms with E-state index in [9.17, 15) is 9.59 Å². The van der Waals surface area contributed by atoms with Crippen LogP contribution in [0, 0.1) is 5.92 Å². The minimum Gasteiger partial charge on any atom is -0.459 e. The maximum Gasteiger partial charge on any atom is 0.330 e. The molecule has 1 saturated carbocycles. The summed E-state index contributed by atoms with van der Waals surface area (Å²) in [6.45, 7) is 3.98. The largest absolute Gasteiger partial charge is 0.459 e. The molecule has 1 aliphatic carbocycles. The van der Waals surface area contributed by atoms with Gasteiger partial charge in [-0.1, -0.05) is 38.0 Å². The molecule has 0 bridgehead atoms. The second kappa shape index (κ2) is 10.8. The standard InChI is InChI=1S/C22H30O4/c1-3-5-6-8-17-9-13-20(14-10-17)26-22(24)18-11-15-19(16-12-18)25-21(23)7-4-2/h4,7,9-10,13-14,18-19H,3,5-6,8,11-12,15-16H2,1-2H3/b7-4+. The number of carbonyl (C=O) groups excluding carboxylic acids is 2. The van der Waals surface area contributed by atoms with Crippen molar-refractivity contribution in [2.24, 2.45) is 5.92 Å². The maximum absolute atomic E-state index is 12.4. The average Bonchev–Trinajstić information content (AvgIpc) is 2.64. The minimum atomic E-state index is -0.308. The first-order chi connectivity index (χ1) is 12.6. The third kappa shape index (κ3) is 6.66. The van der Waals surface area contributed by atoms with Gasteiger partial charge in [-0.25, -0.2) is 4.79 Å². The van der Waals surface area contributed by atoms with Crippen LogP contribution < -0.4 is 4.74 Å². The fraction of sp³-hybridized carbons (Fsp3) is 0.545. The number of benzene rings is 1. The summed E-state index contributed by atoms with van der Waals surface area (Å²) in [5, 5.41) is 0. The molecular weight excluding hydrogens is 328 g/mol. The molecule has 0 spiro atoms. The van der Waals surface area contributed by atoms with Crippen molar-refractivity contribution in [2.75, 3.05) is 0 Å². The van der Waals surface area contributed by atoms with Crippen LogP contribution in [-0.4, -0.2) is 18.0 Å². The zero-order valence-electron chi connectivity index (χ0n) is 15.9. The lowest BCUT2D eigenvalue weighted by molar-refractivity contribution is -0.147. The summed E-state index contributed by atoms with van der Waals surface area (Å²) >= 11 is 0. The van der Waals surface area contributed by atoms with Crippen LogP contribution in [0.15, 0.2) is 36.4 Å². The van der Waals surface area contributed by atoms with Crippen LogP contribution in [0.25, 0.3) is 0 Å². The number of hydrogen-bond donors (Lipinski definition) is 0. The van der Waals surface area contributed by atoms with E-state index in [1.54, 1.807) is 13.0 Å². The molecule has 4 heteroatoms. The molecule has 0 saturated heterocycles. The van der Waals surface area contributed by atoms with Crippen LogP contribution in [0.3, 0.4) is 0 Å². The highest BCUT2D eigenvalue weighted by Gasteiger charge is 2.29. The van der Waals surface area contributed by atoms with Crippen molar-refractivity contribution in [1.82, 2.24) is 0 Å². The van der Waals surface area contributed by atoms with Gasteiger partial charge in [0.1, 0.15) is 11.9 Å². The Labute approximate surface area is 156 Å². The number of unbranched alkanes of at least 4 members (excludes halogenated alkanes) is 2. The van der Waals surface area contributed by atoms with E-state index in [-0.39, 0.29) is 24.0 Å². The van der Waals surface area contributed by atoms with Gasteiger partial charge in [0.15, 0.2) is 0 Å². The van der Waals surface area contributed by atoms with Crippen LogP contribution >= 0.6 is 0 Å². The van der Waals surface area contributed by atoms with E-state index in [0.29, 0.717) is 31.4 Å². The van der Waals surface area contributed by atoms with Crippen molar-refractivity contribution in [3.63, 3.8) is 0 Å². The van der Waals surface area contributed by atoms with Gasteiger partial charge in [0.25, 0.3) is 0 Å². The molecule has 26 heavy (non-hydrogen) atoms. The van der Waals surface area contributed by atoms with E-state index >= 15 is 0 Å². The van der Waals surface area contributed by atoms with Gasteiger partial charge < -0.3 is 9.47 Å². The molecule has 0 unspecified atom stereocenters. The molecule has 1 aromatic rings.